The van der Waals surface area contributed by atoms with Gasteiger partial charge < -0.3 is 11.1 Å². The van der Waals surface area contributed by atoms with Crippen LogP contribution in [-0.2, 0) is 11.2 Å². The second-order valence-corrected chi connectivity index (χ2v) is 5.56. The molecule has 1 fully saturated rings. The standard InChI is InChI=1S/C13H17BrN2O/c14-11-3-1-2-10(6-11)7-12(13(15)17)16-8-9-4-5-9/h1-3,6,9,12,16H,4-5,7-8H2,(H2,15,17)/t12-/m0/s1. The van der Waals surface area contributed by atoms with Gasteiger partial charge in [0.05, 0.1) is 6.04 Å². The highest BCUT2D eigenvalue weighted by Crippen LogP contribution is 2.27. The molecule has 1 aliphatic carbocycles. The van der Waals surface area contributed by atoms with Gasteiger partial charge in [0.2, 0.25) is 5.91 Å². The molecule has 0 unspecified atom stereocenters. The van der Waals surface area contributed by atoms with Crippen molar-refractivity contribution in [2.45, 2.75) is 25.3 Å². The summed E-state index contributed by atoms with van der Waals surface area (Å²) in [5.74, 6) is 0.477. The van der Waals surface area contributed by atoms with Crippen LogP contribution in [0.1, 0.15) is 18.4 Å². The summed E-state index contributed by atoms with van der Waals surface area (Å²) in [6.07, 6.45) is 3.20. The Morgan fingerprint density at radius 3 is 2.88 bits per heavy atom. The Balaban J connectivity index is 1.93. The Morgan fingerprint density at radius 2 is 2.29 bits per heavy atom. The second kappa shape index (κ2) is 5.65. The van der Waals surface area contributed by atoms with Crippen molar-refractivity contribution >= 4 is 21.8 Å². The summed E-state index contributed by atoms with van der Waals surface area (Å²) in [5.41, 5.74) is 6.53. The minimum Gasteiger partial charge on any atom is -0.368 e. The van der Waals surface area contributed by atoms with Gasteiger partial charge in [0.25, 0.3) is 0 Å². The van der Waals surface area contributed by atoms with Gasteiger partial charge >= 0.3 is 0 Å². The molecular formula is C13H17BrN2O. The van der Waals surface area contributed by atoms with E-state index in [0.29, 0.717) is 6.42 Å². The van der Waals surface area contributed by atoms with E-state index in [1.807, 2.05) is 24.3 Å². The van der Waals surface area contributed by atoms with Gasteiger partial charge in [-0.25, -0.2) is 0 Å². The van der Waals surface area contributed by atoms with E-state index in [2.05, 4.69) is 21.2 Å². The summed E-state index contributed by atoms with van der Waals surface area (Å²) in [6.45, 7) is 0.904. The molecule has 0 heterocycles. The van der Waals surface area contributed by atoms with E-state index in [1.165, 1.54) is 12.8 Å². The first kappa shape index (κ1) is 12.6. The second-order valence-electron chi connectivity index (χ2n) is 4.64. The van der Waals surface area contributed by atoms with Crippen molar-refractivity contribution in [3.8, 4) is 0 Å². The number of rotatable bonds is 6. The molecule has 92 valence electrons. The number of halogens is 1. The molecule has 3 nitrogen and oxygen atoms in total. The fourth-order valence-corrected chi connectivity index (χ4v) is 2.25. The van der Waals surface area contributed by atoms with Crippen LogP contribution >= 0.6 is 15.9 Å². The zero-order chi connectivity index (χ0) is 12.3. The van der Waals surface area contributed by atoms with E-state index in [9.17, 15) is 4.79 Å². The molecule has 1 aromatic rings. The molecule has 0 spiro atoms. The molecule has 17 heavy (non-hydrogen) atoms. The number of amides is 1. The summed E-state index contributed by atoms with van der Waals surface area (Å²) >= 11 is 3.42. The Labute approximate surface area is 110 Å². The first-order valence-electron chi connectivity index (χ1n) is 5.92. The number of hydrogen-bond donors (Lipinski definition) is 2. The molecule has 0 radical (unpaired) electrons. The van der Waals surface area contributed by atoms with E-state index in [-0.39, 0.29) is 11.9 Å². The maximum absolute atomic E-state index is 11.4. The molecule has 0 saturated heterocycles. The molecule has 1 atom stereocenters. The maximum atomic E-state index is 11.4. The molecule has 1 amide bonds. The van der Waals surface area contributed by atoms with E-state index in [1.54, 1.807) is 0 Å². The molecule has 0 aromatic heterocycles. The van der Waals surface area contributed by atoms with Crippen molar-refractivity contribution in [3.63, 3.8) is 0 Å². The third kappa shape index (κ3) is 4.13. The number of carbonyl (C=O) groups excluding carboxylic acids is 1. The monoisotopic (exact) mass is 296 g/mol. The van der Waals surface area contributed by atoms with Crippen molar-refractivity contribution in [2.24, 2.45) is 11.7 Å². The summed E-state index contributed by atoms with van der Waals surface area (Å²) in [4.78, 5) is 11.4. The molecule has 1 aliphatic rings. The molecule has 1 saturated carbocycles. The smallest absolute Gasteiger partial charge is 0.234 e. The van der Waals surface area contributed by atoms with Gasteiger partial charge in [0.15, 0.2) is 0 Å². The zero-order valence-electron chi connectivity index (χ0n) is 9.66. The quantitative estimate of drug-likeness (QED) is 0.842. The van der Waals surface area contributed by atoms with Crippen LogP contribution in [0.2, 0.25) is 0 Å². The minimum atomic E-state index is -0.273. The van der Waals surface area contributed by atoms with Crippen LogP contribution in [0.4, 0.5) is 0 Å². The first-order chi connectivity index (χ1) is 8.15. The van der Waals surface area contributed by atoms with Crippen LogP contribution in [0.5, 0.6) is 0 Å². The fourth-order valence-electron chi connectivity index (χ4n) is 1.80. The number of primary amides is 1. The molecule has 0 aliphatic heterocycles. The van der Waals surface area contributed by atoms with Crippen LogP contribution in [0.15, 0.2) is 28.7 Å². The van der Waals surface area contributed by atoms with E-state index in [0.717, 1.165) is 22.5 Å². The van der Waals surface area contributed by atoms with Gasteiger partial charge in [-0.05, 0) is 49.4 Å². The van der Waals surface area contributed by atoms with Crippen LogP contribution in [0, 0.1) is 5.92 Å². The van der Waals surface area contributed by atoms with Gasteiger partial charge in [-0.1, -0.05) is 28.1 Å². The number of carbonyl (C=O) groups is 1. The van der Waals surface area contributed by atoms with Crippen LogP contribution in [0.3, 0.4) is 0 Å². The van der Waals surface area contributed by atoms with Crippen molar-refractivity contribution in [3.05, 3.63) is 34.3 Å². The Hall–Kier alpha value is -0.870. The molecule has 4 heteroatoms. The number of hydrogen-bond acceptors (Lipinski definition) is 2. The highest BCUT2D eigenvalue weighted by Gasteiger charge is 2.24. The Bertz CT molecular complexity index is 404. The third-order valence-electron chi connectivity index (χ3n) is 3.02. The van der Waals surface area contributed by atoms with Gasteiger partial charge in [-0.3, -0.25) is 4.79 Å². The van der Waals surface area contributed by atoms with Crippen molar-refractivity contribution < 1.29 is 4.79 Å². The predicted octanol–water partition coefficient (Wildman–Crippen LogP) is 1.85. The van der Waals surface area contributed by atoms with Crippen molar-refractivity contribution in [1.82, 2.24) is 5.32 Å². The first-order valence-corrected chi connectivity index (χ1v) is 6.71. The zero-order valence-corrected chi connectivity index (χ0v) is 11.2. The number of benzene rings is 1. The average molecular weight is 297 g/mol. The fraction of sp³-hybridized carbons (Fsp3) is 0.462. The third-order valence-corrected chi connectivity index (χ3v) is 3.52. The Morgan fingerprint density at radius 1 is 1.53 bits per heavy atom. The van der Waals surface area contributed by atoms with Crippen LogP contribution < -0.4 is 11.1 Å². The summed E-state index contributed by atoms with van der Waals surface area (Å²) in [6, 6.07) is 7.72. The SMILES string of the molecule is NC(=O)[C@H](Cc1cccc(Br)c1)NCC1CC1. The Kier molecular flexibility index (Phi) is 4.18. The van der Waals surface area contributed by atoms with Crippen LogP contribution in [0.25, 0.3) is 0 Å². The molecular weight excluding hydrogens is 280 g/mol. The van der Waals surface area contributed by atoms with E-state index < -0.39 is 0 Å². The van der Waals surface area contributed by atoms with Gasteiger partial charge in [0, 0.05) is 4.47 Å². The normalized spacial score (nSPS) is 16.8. The number of nitrogens with two attached hydrogens (primary N) is 1. The lowest BCUT2D eigenvalue weighted by molar-refractivity contribution is -0.120. The summed E-state index contributed by atoms with van der Waals surface area (Å²) in [7, 11) is 0. The molecule has 0 bridgehead atoms. The summed E-state index contributed by atoms with van der Waals surface area (Å²) in [5, 5.41) is 3.26. The van der Waals surface area contributed by atoms with Crippen molar-refractivity contribution in [1.29, 1.82) is 0 Å². The van der Waals surface area contributed by atoms with Crippen LogP contribution in [-0.4, -0.2) is 18.5 Å². The van der Waals surface area contributed by atoms with E-state index in [4.69, 9.17) is 5.73 Å². The lowest BCUT2D eigenvalue weighted by atomic mass is 10.1. The minimum absolute atomic E-state index is 0.259. The van der Waals surface area contributed by atoms with Gasteiger partial charge in [0.1, 0.15) is 0 Å². The summed E-state index contributed by atoms with van der Waals surface area (Å²) < 4.78 is 1.03. The topological polar surface area (TPSA) is 55.1 Å². The number of nitrogens with one attached hydrogen (secondary N) is 1. The van der Waals surface area contributed by atoms with Gasteiger partial charge in [-0.15, -0.1) is 0 Å². The van der Waals surface area contributed by atoms with Crippen molar-refractivity contribution in [2.75, 3.05) is 6.54 Å². The molecule has 2 rings (SSSR count). The predicted molar refractivity (Wildman–Crippen MR) is 71.6 cm³/mol. The average Bonchev–Trinajstić information content (AvgIpc) is 3.07. The highest BCUT2D eigenvalue weighted by atomic mass is 79.9. The highest BCUT2D eigenvalue weighted by molar-refractivity contribution is 9.10. The lowest BCUT2D eigenvalue weighted by Crippen LogP contribution is -2.43. The molecule has 1 aromatic carbocycles. The largest absolute Gasteiger partial charge is 0.368 e. The van der Waals surface area contributed by atoms with E-state index >= 15 is 0 Å². The van der Waals surface area contributed by atoms with Gasteiger partial charge in [-0.2, -0.15) is 0 Å². The molecule has 3 N–H and O–H groups in total. The lowest BCUT2D eigenvalue weighted by Gasteiger charge is -2.15. The maximum Gasteiger partial charge on any atom is 0.234 e.